The van der Waals surface area contributed by atoms with E-state index >= 15 is 0 Å². The maximum Gasteiger partial charge on any atom is 0.224 e. The molecular formula is C21H28Cl2N2O3. The molecule has 0 unspecified atom stereocenters. The highest BCUT2D eigenvalue weighted by atomic mass is 35.5. The van der Waals surface area contributed by atoms with Gasteiger partial charge in [0.2, 0.25) is 5.91 Å². The Morgan fingerprint density at radius 1 is 1.21 bits per heavy atom. The highest BCUT2D eigenvalue weighted by Gasteiger charge is 2.47. The van der Waals surface area contributed by atoms with Crippen LogP contribution in [0.3, 0.4) is 0 Å². The summed E-state index contributed by atoms with van der Waals surface area (Å²) in [5, 5.41) is 4.07. The number of amides is 1. The molecule has 1 spiro atoms. The topological polar surface area (TPSA) is 50.8 Å². The second-order valence-corrected chi connectivity index (χ2v) is 8.52. The largest absolute Gasteiger partial charge is 0.354 e. The second kappa shape index (κ2) is 9.14. The van der Waals surface area contributed by atoms with Gasteiger partial charge in [-0.15, -0.1) is 6.58 Å². The Morgan fingerprint density at radius 3 is 2.50 bits per heavy atom. The molecule has 154 valence electrons. The van der Waals surface area contributed by atoms with Crippen LogP contribution in [0.25, 0.3) is 0 Å². The molecule has 2 aliphatic rings. The van der Waals surface area contributed by atoms with Gasteiger partial charge in [-0.05, 0) is 37.6 Å². The predicted octanol–water partition coefficient (Wildman–Crippen LogP) is 3.83. The fourth-order valence-corrected chi connectivity index (χ4v) is 4.44. The van der Waals surface area contributed by atoms with Crippen molar-refractivity contribution in [3.8, 4) is 0 Å². The molecule has 1 aliphatic carbocycles. The van der Waals surface area contributed by atoms with Crippen LogP contribution in [0, 0.1) is 0 Å². The first kappa shape index (κ1) is 21.6. The minimum atomic E-state index is -0.428. The Balaban J connectivity index is 1.62. The molecule has 3 rings (SSSR count). The van der Waals surface area contributed by atoms with Crippen molar-refractivity contribution in [3.05, 3.63) is 46.5 Å². The molecule has 1 aliphatic heterocycles. The average Bonchev–Trinajstić information content (AvgIpc) is 3.13. The lowest BCUT2D eigenvalue weighted by Crippen LogP contribution is -2.58. The van der Waals surface area contributed by atoms with Gasteiger partial charge in [-0.25, -0.2) is 0 Å². The van der Waals surface area contributed by atoms with E-state index in [0.717, 1.165) is 37.8 Å². The van der Waals surface area contributed by atoms with Gasteiger partial charge in [-0.2, -0.15) is 0 Å². The van der Waals surface area contributed by atoms with E-state index in [1.54, 1.807) is 12.1 Å². The van der Waals surface area contributed by atoms with Crippen molar-refractivity contribution < 1.29 is 14.3 Å². The summed E-state index contributed by atoms with van der Waals surface area (Å²) in [4.78, 5) is 14.8. The van der Waals surface area contributed by atoms with Crippen LogP contribution in [-0.4, -0.2) is 55.5 Å². The Kier molecular flexibility index (Phi) is 7.05. The maximum absolute atomic E-state index is 12.5. The highest BCUT2D eigenvalue weighted by Crippen LogP contribution is 2.42. The summed E-state index contributed by atoms with van der Waals surface area (Å²) in [5.41, 5.74) is 0.706. The van der Waals surface area contributed by atoms with Gasteiger partial charge >= 0.3 is 0 Å². The number of carbonyl (C=O) groups excluding carboxylic acids is 1. The van der Waals surface area contributed by atoms with Gasteiger partial charge in [0, 0.05) is 31.5 Å². The van der Waals surface area contributed by atoms with Crippen LogP contribution in [0.4, 0.5) is 0 Å². The van der Waals surface area contributed by atoms with Crippen LogP contribution in [-0.2, 0) is 20.7 Å². The minimum Gasteiger partial charge on any atom is -0.354 e. The molecule has 2 fully saturated rings. The number of ether oxygens (including phenoxy) is 2. The molecule has 5 nitrogen and oxygen atoms in total. The molecule has 1 saturated heterocycles. The first-order valence-electron chi connectivity index (χ1n) is 9.69. The van der Waals surface area contributed by atoms with Crippen LogP contribution in [0.5, 0.6) is 0 Å². The first-order valence-corrected chi connectivity index (χ1v) is 10.4. The molecule has 1 saturated carbocycles. The van der Waals surface area contributed by atoms with Gasteiger partial charge in [0.15, 0.2) is 5.79 Å². The van der Waals surface area contributed by atoms with E-state index in [0.29, 0.717) is 29.8 Å². The van der Waals surface area contributed by atoms with E-state index in [4.69, 9.17) is 32.7 Å². The number of hydrogen-bond acceptors (Lipinski definition) is 4. The lowest BCUT2D eigenvalue weighted by molar-refractivity contribution is -0.192. The summed E-state index contributed by atoms with van der Waals surface area (Å²) in [5.74, 6) is -0.457. The number of benzene rings is 1. The Morgan fingerprint density at radius 2 is 1.89 bits per heavy atom. The fourth-order valence-electron chi connectivity index (χ4n) is 4.12. The Hall–Kier alpha value is -1.11. The van der Waals surface area contributed by atoms with Crippen molar-refractivity contribution in [1.82, 2.24) is 10.2 Å². The van der Waals surface area contributed by atoms with Gasteiger partial charge in [-0.3, -0.25) is 9.69 Å². The number of halogens is 2. The summed E-state index contributed by atoms with van der Waals surface area (Å²) in [7, 11) is 2.08. The predicted molar refractivity (Wildman–Crippen MR) is 112 cm³/mol. The van der Waals surface area contributed by atoms with E-state index in [1.165, 1.54) is 0 Å². The fraction of sp³-hybridized carbons (Fsp3) is 0.571. The van der Waals surface area contributed by atoms with E-state index in [9.17, 15) is 4.79 Å². The molecule has 0 bridgehead atoms. The van der Waals surface area contributed by atoms with Crippen molar-refractivity contribution in [2.45, 2.75) is 43.4 Å². The van der Waals surface area contributed by atoms with Crippen molar-refractivity contribution in [2.24, 2.45) is 0 Å². The van der Waals surface area contributed by atoms with Crippen molar-refractivity contribution >= 4 is 29.1 Å². The standard InChI is InChI=1S/C21H28Cl2N2O3/c1-3-10-25(2)20(6-8-21(9-7-20)27-11-12-28-21)15-24-19(26)14-16-4-5-17(22)18(23)13-16/h3-5,13H,1,6-12,14-15H2,2H3,(H,24,26). The van der Waals surface area contributed by atoms with Crippen LogP contribution < -0.4 is 5.32 Å². The third kappa shape index (κ3) is 4.89. The molecule has 1 amide bonds. The summed E-state index contributed by atoms with van der Waals surface area (Å²) >= 11 is 12.0. The number of rotatable bonds is 7. The number of likely N-dealkylation sites (N-methyl/N-ethyl adjacent to an activating group) is 1. The van der Waals surface area contributed by atoms with Crippen LogP contribution in [0.15, 0.2) is 30.9 Å². The van der Waals surface area contributed by atoms with Gasteiger partial charge in [0.05, 0.1) is 29.7 Å². The van der Waals surface area contributed by atoms with Crippen molar-refractivity contribution in [3.63, 3.8) is 0 Å². The van der Waals surface area contributed by atoms with E-state index < -0.39 is 5.79 Å². The zero-order chi connectivity index (χ0) is 20.2. The lowest BCUT2D eigenvalue weighted by atomic mass is 9.77. The summed E-state index contributed by atoms with van der Waals surface area (Å²) < 4.78 is 11.7. The first-order chi connectivity index (χ1) is 13.4. The molecule has 1 N–H and O–H groups in total. The zero-order valence-electron chi connectivity index (χ0n) is 16.3. The minimum absolute atomic E-state index is 0.0292. The molecule has 1 aromatic rings. The normalized spacial score (nSPS) is 20.4. The quantitative estimate of drug-likeness (QED) is 0.673. The number of nitrogens with zero attached hydrogens (tertiary/aromatic N) is 1. The smallest absolute Gasteiger partial charge is 0.224 e. The molecule has 7 heteroatoms. The number of carbonyl (C=O) groups is 1. The third-order valence-electron chi connectivity index (χ3n) is 5.93. The number of nitrogens with one attached hydrogen (secondary N) is 1. The third-order valence-corrected chi connectivity index (χ3v) is 6.67. The van der Waals surface area contributed by atoms with E-state index in [1.807, 2.05) is 12.1 Å². The van der Waals surface area contributed by atoms with Gasteiger partial charge in [-0.1, -0.05) is 35.3 Å². The van der Waals surface area contributed by atoms with Crippen molar-refractivity contribution in [2.75, 3.05) is 33.4 Å². The SMILES string of the molecule is C=CCN(C)C1(CNC(=O)Cc2ccc(Cl)c(Cl)c2)CCC2(CC1)OCCO2. The second-order valence-electron chi connectivity index (χ2n) is 7.70. The Labute approximate surface area is 177 Å². The van der Waals surface area contributed by atoms with E-state index in [2.05, 4.69) is 23.8 Å². The van der Waals surface area contributed by atoms with E-state index in [-0.39, 0.29) is 17.9 Å². The molecule has 0 aromatic heterocycles. The number of hydrogen-bond donors (Lipinski definition) is 1. The molecule has 28 heavy (non-hydrogen) atoms. The maximum atomic E-state index is 12.5. The molecule has 1 heterocycles. The molecule has 1 aromatic carbocycles. The van der Waals surface area contributed by atoms with Gasteiger partial charge in [0.1, 0.15) is 0 Å². The highest BCUT2D eigenvalue weighted by molar-refractivity contribution is 6.42. The zero-order valence-corrected chi connectivity index (χ0v) is 17.8. The van der Waals surface area contributed by atoms with Crippen LogP contribution >= 0.6 is 23.2 Å². The van der Waals surface area contributed by atoms with Crippen LogP contribution in [0.1, 0.15) is 31.2 Å². The van der Waals surface area contributed by atoms with Gasteiger partial charge < -0.3 is 14.8 Å². The Bertz CT molecular complexity index is 710. The van der Waals surface area contributed by atoms with Gasteiger partial charge in [0.25, 0.3) is 0 Å². The van der Waals surface area contributed by atoms with Crippen LogP contribution in [0.2, 0.25) is 10.0 Å². The average molecular weight is 427 g/mol. The molecular weight excluding hydrogens is 399 g/mol. The molecule has 0 radical (unpaired) electrons. The lowest BCUT2D eigenvalue weighted by Gasteiger charge is -2.48. The summed E-state index contributed by atoms with van der Waals surface area (Å²) in [6, 6.07) is 5.28. The summed E-state index contributed by atoms with van der Waals surface area (Å²) in [6.07, 6.45) is 5.61. The molecule has 0 atom stereocenters. The summed E-state index contributed by atoms with van der Waals surface area (Å²) in [6.45, 7) is 6.53. The monoisotopic (exact) mass is 426 g/mol. The van der Waals surface area contributed by atoms with Crippen molar-refractivity contribution in [1.29, 1.82) is 0 Å².